The zero-order valence-electron chi connectivity index (χ0n) is 28.6. The molecule has 0 radical (unpaired) electrons. The number of amides is 1. The Morgan fingerprint density at radius 1 is 0.855 bits per heavy atom. The molecule has 18 heteroatoms. The van der Waals surface area contributed by atoms with E-state index in [2.05, 4.69) is 4.84 Å². The summed E-state index contributed by atoms with van der Waals surface area (Å²) >= 11 is 5.92. The molecule has 2 atom stereocenters. The summed E-state index contributed by atoms with van der Waals surface area (Å²) in [6, 6.07) is 12.0. The summed E-state index contributed by atoms with van der Waals surface area (Å²) < 4.78 is 138. The fourth-order valence-corrected chi connectivity index (χ4v) is 8.01. The smallest absolute Gasteiger partial charge is 0.490 e. The van der Waals surface area contributed by atoms with Gasteiger partial charge in [-0.05, 0) is 94.9 Å². The molecule has 2 aliphatic rings. The van der Waals surface area contributed by atoms with Gasteiger partial charge in [-0.3, -0.25) is 4.79 Å². The standard InChI is InChI=1S/C37H33ClF7N3O6S/c38-27-13-7-23(8-14-27)22-5-11-26(12-6-22)36(41,42)32(33(49)47-18-17-31(46)35(39,40)21-47)48(54-34(50)37(43,44)45)55(51,52)30-16-10-24-19-29(15-9-25(24)20-30)53-28-3-1-2-4-28/h5-16,19-20,28,31-32H,1-4,17-18,21,46H2/t31-,32+/m1/s1. The number of carbonyl (C=O) groups excluding carboxylic acids is 2. The molecule has 1 heterocycles. The van der Waals surface area contributed by atoms with Crippen LogP contribution in [0.3, 0.4) is 0 Å². The highest BCUT2D eigenvalue weighted by atomic mass is 35.5. The van der Waals surface area contributed by atoms with Crippen molar-refractivity contribution in [1.82, 2.24) is 9.37 Å². The quantitative estimate of drug-likeness (QED) is 0.128. The number of alkyl halides is 7. The van der Waals surface area contributed by atoms with Crippen LogP contribution in [0.25, 0.3) is 21.9 Å². The van der Waals surface area contributed by atoms with Crippen molar-refractivity contribution in [2.45, 2.75) is 73.2 Å². The Labute approximate surface area is 315 Å². The van der Waals surface area contributed by atoms with E-state index in [1.54, 1.807) is 18.2 Å². The van der Waals surface area contributed by atoms with Crippen molar-refractivity contribution in [2.24, 2.45) is 5.73 Å². The minimum atomic E-state index is -5.96. The highest BCUT2D eigenvalue weighted by Crippen LogP contribution is 2.41. The van der Waals surface area contributed by atoms with E-state index >= 15 is 8.78 Å². The molecule has 0 unspecified atom stereocenters. The fraction of sp³-hybridized carbons (Fsp3) is 0.351. The lowest BCUT2D eigenvalue weighted by Gasteiger charge is -2.41. The number of likely N-dealkylation sites (tertiary alicyclic amines) is 1. The zero-order chi connectivity index (χ0) is 39.9. The molecule has 9 nitrogen and oxygen atoms in total. The number of ether oxygens (including phenoxy) is 1. The molecule has 0 aromatic heterocycles. The van der Waals surface area contributed by atoms with Crippen molar-refractivity contribution in [3.05, 3.63) is 95.5 Å². The molecule has 2 N–H and O–H groups in total. The van der Waals surface area contributed by atoms with Gasteiger partial charge in [0.05, 0.1) is 23.6 Å². The number of rotatable bonds is 10. The van der Waals surface area contributed by atoms with Crippen LogP contribution in [-0.2, 0) is 30.4 Å². The topological polar surface area (TPSA) is 119 Å². The maximum Gasteiger partial charge on any atom is 0.492 e. The molecule has 4 aromatic rings. The van der Waals surface area contributed by atoms with Crippen LogP contribution in [0.2, 0.25) is 5.02 Å². The number of piperidine rings is 1. The average Bonchev–Trinajstić information content (AvgIpc) is 3.65. The van der Waals surface area contributed by atoms with Gasteiger partial charge < -0.3 is 20.2 Å². The van der Waals surface area contributed by atoms with Crippen LogP contribution in [0, 0.1) is 0 Å². The number of hydrogen-bond acceptors (Lipinski definition) is 7. The number of nitrogens with two attached hydrogens (primary N) is 1. The number of sulfonamides is 1. The largest absolute Gasteiger partial charge is 0.492 e. The predicted octanol–water partition coefficient (Wildman–Crippen LogP) is 7.85. The van der Waals surface area contributed by atoms with Crippen LogP contribution in [0.5, 0.6) is 5.75 Å². The maximum absolute atomic E-state index is 16.9. The van der Waals surface area contributed by atoms with E-state index in [4.69, 9.17) is 22.1 Å². The molecule has 55 heavy (non-hydrogen) atoms. The van der Waals surface area contributed by atoms with Gasteiger partial charge in [-0.15, -0.1) is 0 Å². The molecule has 294 valence electrons. The number of carbonyl (C=O) groups is 2. The van der Waals surface area contributed by atoms with E-state index in [0.717, 1.165) is 62.1 Å². The summed E-state index contributed by atoms with van der Waals surface area (Å²) in [7, 11) is -5.84. The van der Waals surface area contributed by atoms with E-state index in [9.17, 15) is 40.0 Å². The molecule has 0 bridgehead atoms. The lowest BCUT2D eigenvalue weighted by molar-refractivity contribution is -0.240. The lowest BCUT2D eigenvalue weighted by Crippen LogP contribution is -2.63. The van der Waals surface area contributed by atoms with Gasteiger partial charge in [0.15, 0.2) is 0 Å². The van der Waals surface area contributed by atoms with E-state index in [1.165, 1.54) is 30.3 Å². The van der Waals surface area contributed by atoms with Crippen molar-refractivity contribution in [3.8, 4) is 16.9 Å². The van der Waals surface area contributed by atoms with Gasteiger partial charge in [-0.25, -0.2) is 22.0 Å². The first kappa shape index (κ1) is 40.2. The van der Waals surface area contributed by atoms with Crippen LogP contribution in [0.4, 0.5) is 30.7 Å². The van der Waals surface area contributed by atoms with Gasteiger partial charge in [-0.2, -0.15) is 22.0 Å². The monoisotopic (exact) mass is 815 g/mol. The summed E-state index contributed by atoms with van der Waals surface area (Å²) in [5.41, 5.74) is 5.17. The second kappa shape index (κ2) is 15.2. The molecule has 1 saturated heterocycles. The highest BCUT2D eigenvalue weighted by Gasteiger charge is 2.59. The summed E-state index contributed by atoms with van der Waals surface area (Å²) in [6.07, 6.45) is -2.99. The first-order valence-electron chi connectivity index (χ1n) is 17.0. The third-order valence-corrected chi connectivity index (χ3v) is 11.4. The lowest BCUT2D eigenvalue weighted by atomic mass is 9.95. The van der Waals surface area contributed by atoms with Crippen LogP contribution >= 0.6 is 11.6 Å². The Morgan fingerprint density at radius 2 is 1.44 bits per heavy atom. The number of benzene rings is 4. The van der Waals surface area contributed by atoms with Gasteiger partial charge in [0.25, 0.3) is 21.9 Å². The zero-order valence-corrected chi connectivity index (χ0v) is 30.2. The third kappa shape index (κ3) is 8.54. The second-order valence-corrected chi connectivity index (χ2v) is 15.6. The van der Waals surface area contributed by atoms with Crippen LogP contribution in [0.1, 0.15) is 37.7 Å². The number of fused-ring (bicyclic) bond motifs is 1. The number of hydroxylamine groups is 1. The first-order valence-corrected chi connectivity index (χ1v) is 18.8. The molecule has 1 aliphatic carbocycles. The Balaban J connectivity index is 1.46. The maximum atomic E-state index is 16.9. The summed E-state index contributed by atoms with van der Waals surface area (Å²) in [6.45, 7) is -2.29. The van der Waals surface area contributed by atoms with Crippen molar-refractivity contribution in [1.29, 1.82) is 0 Å². The van der Waals surface area contributed by atoms with E-state index < -0.39 is 86.4 Å². The average molecular weight is 816 g/mol. The van der Waals surface area contributed by atoms with Crippen molar-refractivity contribution < 1.29 is 58.3 Å². The Morgan fingerprint density at radius 3 is 2.04 bits per heavy atom. The minimum Gasteiger partial charge on any atom is -0.490 e. The summed E-state index contributed by atoms with van der Waals surface area (Å²) in [5, 5.41) is 0.912. The Bertz CT molecular complexity index is 2170. The van der Waals surface area contributed by atoms with Crippen molar-refractivity contribution in [2.75, 3.05) is 13.1 Å². The molecule has 0 spiro atoms. The van der Waals surface area contributed by atoms with Crippen molar-refractivity contribution in [3.63, 3.8) is 0 Å². The molecule has 2 fully saturated rings. The predicted molar refractivity (Wildman–Crippen MR) is 187 cm³/mol. The number of hydrogen-bond donors (Lipinski definition) is 1. The van der Waals surface area contributed by atoms with Gasteiger partial charge in [0.1, 0.15) is 5.75 Å². The summed E-state index contributed by atoms with van der Waals surface area (Å²) in [4.78, 5) is 29.7. The van der Waals surface area contributed by atoms with Gasteiger partial charge in [-0.1, -0.05) is 60.1 Å². The molecule has 6 rings (SSSR count). The molecule has 4 aromatic carbocycles. The van der Waals surface area contributed by atoms with Crippen LogP contribution in [0.15, 0.2) is 89.8 Å². The van der Waals surface area contributed by atoms with E-state index in [0.29, 0.717) is 27.3 Å². The van der Waals surface area contributed by atoms with Crippen molar-refractivity contribution >= 4 is 44.3 Å². The molecule has 1 amide bonds. The number of halogens is 8. The second-order valence-electron chi connectivity index (χ2n) is 13.4. The molecule has 1 aliphatic heterocycles. The van der Waals surface area contributed by atoms with Gasteiger partial charge in [0.2, 0.25) is 6.04 Å². The van der Waals surface area contributed by atoms with E-state index in [-0.39, 0.29) is 16.4 Å². The fourth-order valence-electron chi connectivity index (χ4n) is 6.49. The van der Waals surface area contributed by atoms with E-state index in [1.807, 2.05) is 0 Å². The normalized spacial score (nSPS) is 18.7. The SMILES string of the molecule is N[C@@H]1CCN(C(=O)[C@H](N(OC(=O)C(F)(F)F)S(=O)(=O)c2ccc3cc(OC4CCCC4)ccc3c2)C(F)(F)c2ccc(-c3ccc(Cl)cc3)cc2)CC1(F)F. The van der Waals surface area contributed by atoms with Crippen LogP contribution in [-0.4, -0.2) is 73.0 Å². The molecular formula is C37H33ClF7N3O6S. The van der Waals surface area contributed by atoms with Gasteiger partial charge in [0, 0.05) is 17.1 Å². The third-order valence-electron chi connectivity index (χ3n) is 9.53. The Kier molecular flexibility index (Phi) is 11.1. The minimum absolute atomic E-state index is 0.0330. The van der Waals surface area contributed by atoms with Gasteiger partial charge >= 0.3 is 18.1 Å². The van der Waals surface area contributed by atoms with Crippen LogP contribution < -0.4 is 10.5 Å². The highest BCUT2D eigenvalue weighted by molar-refractivity contribution is 7.89. The molecular weight excluding hydrogens is 783 g/mol. The first-order chi connectivity index (χ1) is 25.8. The molecule has 1 saturated carbocycles. The summed E-state index contributed by atoms with van der Waals surface area (Å²) in [5.74, 6) is -13.6. The number of nitrogens with zero attached hydrogens (tertiary/aromatic N) is 2. The Hall–Kier alpha value is -4.45.